The SMILES string of the molecule is Cc1ccccc1N1C(=O)c2ccc(C(=O)OCC(=O)N(C)C3CCS(=O)(=O)C3)cc2C1=O. The van der Waals surface area contributed by atoms with Crippen LogP contribution in [-0.2, 0) is 19.4 Å². The van der Waals surface area contributed by atoms with Crippen molar-refractivity contribution in [2.45, 2.75) is 19.4 Å². The van der Waals surface area contributed by atoms with Crippen LogP contribution in [0.2, 0.25) is 0 Å². The van der Waals surface area contributed by atoms with E-state index in [1.165, 1.54) is 30.1 Å². The molecule has 4 rings (SSSR count). The second-order valence-corrected chi connectivity index (χ2v) is 10.4. The van der Waals surface area contributed by atoms with E-state index >= 15 is 0 Å². The van der Waals surface area contributed by atoms with Crippen molar-refractivity contribution < 1.29 is 32.3 Å². The molecule has 172 valence electrons. The number of benzene rings is 2. The minimum absolute atomic E-state index is 0.0243. The number of carbonyl (C=O) groups is 4. The van der Waals surface area contributed by atoms with Gasteiger partial charge in [0.2, 0.25) is 0 Å². The molecule has 1 saturated heterocycles. The molecule has 33 heavy (non-hydrogen) atoms. The average Bonchev–Trinajstić information content (AvgIpc) is 3.27. The van der Waals surface area contributed by atoms with Crippen molar-refractivity contribution in [2.75, 3.05) is 30.1 Å². The van der Waals surface area contributed by atoms with E-state index in [1.54, 1.807) is 31.2 Å². The Morgan fingerprint density at radius 1 is 1.09 bits per heavy atom. The zero-order chi connectivity index (χ0) is 23.9. The number of esters is 1. The van der Waals surface area contributed by atoms with Gasteiger partial charge in [0.05, 0.1) is 33.9 Å². The van der Waals surface area contributed by atoms with Crippen molar-refractivity contribution in [3.05, 3.63) is 64.7 Å². The lowest BCUT2D eigenvalue weighted by Gasteiger charge is -2.23. The fraction of sp³-hybridized carbons (Fsp3) is 0.304. The summed E-state index contributed by atoms with van der Waals surface area (Å²) in [4.78, 5) is 52.9. The number of fused-ring (bicyclic) bond motifs is 1. The molecule has 0 radical (unpaired) electrons. The smallest absolute Gasteiger partial charge is 0.338 e. The van der Waals surface area contributed by atoms with E-state index in [9.17, 15) is 27.6 Å². The van der Waals surface area contributed by atoms with Gasteiger partial charge in [-0.1, -0.05) is 18.2 Å². The lowest BCUT2D eigenvalue weighted by Crippen LogP contribution is -2.40. The molecular formula is C23H22N2O7S. The molecule has 0 N–H and O–H groups in total. The number of imide groups is 1. The van der Waals surface area contributed by atoms with E-state index in [4.69, 9.17) is 4.74 Å². The number of carbonyl (C=O) groups excluding carboxylic acids is 4. The molecule has 2 aliphatic heterocycles. The first-order valence-corrected chi connectivity index (χ1v) is 12.1. The number of hydrogen-bond acceptors (Lipinski definition) is 7. The molecule has 3 amide bonds. The summed E-state index contributed by atoms with van der Waals surface area (Å²) in [6.45, 7) is 1.22. The minimum Gasteiger partial charge on any atom is -0.452 e. The summed E-state index contributed by atoms with van der Waals surface area (Å²) in [5.41, 5.74) is 1.51. The Morgan fingerprint density at radius 2 is 1.79 bits per heavy atom. The van der Waals surface area contributed by atoms with E-state index in [-0.39, 0.29) is 28.2 Å². The molecule has 2 aliphatic rings. The van der Waals surface area contributed by atoms with Crippen molar-refractivity contribution in [1.29, 1.82) is 0 Å². The van der Waals surface area contributed by atoms with Crippen LogP contribution in [0.4, 0.5) is 5.69 Å². The Hall–Kier alpha value is -3.53. The molecule has 9 nitrogen and oxygen atoms in total. The van der Waals surface area contributed by atoms with Gasteiger partial charge in [-0.25, -0.2) is 18.1 Å². The molecule has 2 aromatic carbocycles. The number of para-hydroxylation sites is 1. The van der Waals surface area contributed by atoms with E-state index in [1.807, 2.05) is 0 Å². The largest absolute Gasteiger partial charge is 0.452 e. The van der Waals surface area contributed by atoms with Gasteiger partial charge in [-0.15, -0.1) is 0 Å². The van der Waals surface area contributed by atoms with E-state index in [2.05, 4.69) is 0 Å². The highest BCUT2D eigenvalue weighted by atomic mass is 32.2. The van der Waals surface area contributed by atoms with Gasteiger partial charge in [0.1, 0.15) is 0 Å². The number of nitrogens with zero attached hydrogens (tertiary/aromatic N) is 2. The quantitative estimate of drug-likeness (QED) is 0.481. The maximum absolute atomic E-state index is 12.9. The average molecular weight is 471 g/mol. The number of anilines is 1. The Balaban J connectivity index is 1.45. The summed E-state index contributed by atoms with van der Waals surface area (Å²) < 4.78 is 28.3. The Bertz CT molecular complexity index is 1290. The highest BCUT2D eigenvalue weighted by molar-refractivity contribution is 7.91. The highest BCUT2D eigenvalue weighted by Gasteiger charge is 2.38. The molecular weight excluding hydrogens is 448 g/mol. The first kappa shape index (κ1) is 22.7. The van der Waals surface area contributed by atoms with Gasteiger partial charge in [-0.2, -0.15) is 0 Å². The third kappa shape index (κ3) is 4.25. The molecule has 1 atom stereocenters. The number of likely N-dealkylation sites (N-methyl/N-ethyl adjacent to an activating group) is 1. The highest BCUT2D eigenvalue weighted by Crippen LogP contribution is 2.31. The van der Waals surface area contributed by atoms with Crippen LogP contribution in [0.25, 0.3) is 0 Å². The van der Waals surface area contributed by atoms with Crippen molar-refractivity contribution in [3.63, 3.8) is 0 Å². The first-order chi connectivity index (χ1) is 15.6. The summed E-state index contributed by atoms with van der Waals surface area (Å²) in [5.74, 6) is -2.46. The lowest BCUT2D eigenvalue weighted by molar-refractivity contribution is -0.134. The predicted molar refractivity (Wildman–Crippen MR) is 119 cm³/mol. The van der Waals surface area contributed by atoms with Gasteiger partial charge in [0.25, 0.3) is 17.7 Å². The fourth-order valence-corrected chi connectivity index (χ4v) is 5.77. The van der Waals surface area contributed by atoms with Crippen LogP contribution < -0.4 is 4.90 Å². The van der Waals surface area contributed by atoms with Crippen LogP contribution in [-0.4, -0.2) is 68.2 Å². The van der Waals surface area contributed by atoms with Crippen LogP contribution in [0.1, 0.15) is 43.1 Å². The van der Waals surface area contributed by atoms with Crippen LogP contribution in [0, 0.1) is 6.92 Å². The third-order valence-electron chi connectivity index (χ3n) is 5.95. The predicted octanol–water partition coefficient (Wildman–Crippen LogP) is 1.60. The van der Waals surface area contributed by atoms with E-state index in [0.717, 1.165) is 10.5 Å². The Kier molecular flexibility index (Phi) is 5.79. The first-order valence-electron chi connectivity index (χ1n) is 10.3. The molecule has 0 aliphatic carbocycles. The second kappa shape index (κ2) is 8.43. The van der Waals surface area contributed by atoms with Crippen molar-refractivity contribution in [1.82, 2.24) is 4.90 Å². The standard InChI is InChI=1S/C23H22N2O7S/c1-14-5-3-4-6-19(14)25-21(27)17-8-7-15(11-18(17)22(25)28)23(29)32-12-20(26)24(2)16-9-10-33(30,31)13-16/h3-8,11,16H,9-10,12-13H2,1-2H3. The Morgan fingerprint density at radius 3 is 2.45 bits per heavy atom. The lowest BCUT2D eigenvalue weighted by atomic mass is 10.1. The number of amides is 3. The topological polar surface area (TPSA) is 118 Å². The number of aryl methyl sites for hydroxylation is 1. The maximum Gasteiger partial charge on any atom is 0.338 e. The molecule has 0 saturated carbocycles. The van der Waals surface area contributed by atoms with Gasteiger partial charge >= 0.3 is 5.97 Å². The van der Waals surface area contributed by atoms with Gasteiger partial charge < -0.3 is 9.64 Å². The van der Waals surface area contributed by atoms with Crippen LogP contribution in [0.15, 0.2) is 42.5 Å². The van der Waals surface area contributed by atoms with Gasteiger partial charge in [0, 0.05) is 13.1 Å². The summed E-state index contributed by atoms with van der Waals surface area (Å²) in [6, 6.07) is 10.6. The van der Waals surface area contributed by atoms with Gasteiger partial charge in [-0.3, -0.25) is 14.4 Å². The number of ether oxygens (including phenoxy) is 1. The molecule has 0 spiro atoms. The van der Waals surface area contributed by atoms with E-state index < -0.39 is 46.2 Å². The molecule has 1 fully saturated rings. The Labute approximate surface area is 190 Å². The zero-order valence-electron chi connectivity index (χ0n) is 18.1. The van der Waals surface area contributed by atoms with Crippen LogP contribution in [0.5, 0.6) is 0 Å². The van der Waals surface area contributed by atoms with Crippen molar-refractivity contribution in [2.24, 2.45) is 0 Å². The fourth-order valence-electron chi connectivity index (χ4n) is 4.00. The normalized spacial score (nSPS) is 18.8. The number of rotatable bonds is 5. The van der Waals surface area contributed by atoms with Crippen molar-refractivity contribution >= 4 is 39.2 Å². The minimum atomic E-state index is -3.16. The zero-order valence-corrected chi connectivity index (χ0v) is 18.9. The second-order valence-electron chi connectivity index (χ2n) is 8.13. The van der Waals surface area contributed by atoms with Crippen LogP contribution in [0.3, 0.4) is 0 Å². The van der Waals surface area contributed by atoms with Crippen molar-refractivity contribution in [3.8, 4) is 0 Å². The maximum atomic E-state index is 12.9. The molecule has 10 heteroatoms. The van der Waals surface area contributed by atoms with E-state index in [0.29, 0.717) is 12.1 Å². The molecule has 2 heterocycles. The van der Waals surface area contributed by atoms with Gasteiger partial charge in [0.15, 0.2) is 16.4 Å². The van der Waals surface area contributed by atoms with Crippen LogP contribution >= 0.6 is 0 Å². The number of hydrogen-bond donors (Lipinski definition) is 0. The molecule has 2 aromatic rings. The molecule has 1 unspecified atom stereocenters. The summed E-state index contributed by atoms with van der Waals surface area (Å²) in [6.07, 6.45) is 0.344. The molecule has 0 bridgehead atoms. The summed E-state index contributed by atoms with van der Waals surface area (Å²) >= 11 is 0. The number of sulfone groups is 1. The third-order valence-corrected chi connectivity index (χ3v) is 7.71. The summed E-state index contributed by atoms with van der Waals surface area (Å²) in [7, 11) is -1.68. The summed E-state index contributed by atoms with van der Waals surface area (Å²) in [5, 5.41) is 0. The van der Waals surface area contributed by atoms with Gasteiger partial charge in [-0.05, 0) is 43.2 Å². The monoisotopic (exact) mass is 470 g/mol. The molecule has 0 aromatic heterocycles.